The quantitative estimate of drug-likeness (QED) is 0.0319. The Morgan fingerprint density at radius 1 is 0.543 bits per heavy atom. The summed E-state index contributed by atoms with van der Waals surface area (Å²) in [6.07, 6.45) is 26.1. The van der Waals surface area contributed by atoms with E-state index in [9.17, 15) is 19.6 Å². The maximum atomic E-state index is 12.4. The summed E-state index contributed by atoms with van der Waals surface area (Å²) < 4.78 is 11.2. The molecule has 0 aromatic carbocycles. The lowest BCUT2D eigenvalue weighted by Crippen LogP contribution is -2.32. The minimum absolute atomic E-state index is 0.0274. The second-order valence-electron chi connectivity index (χ2n) is 13.3. The first-order chi connectivity index (χ1) is 22.3. The molecule has 8 nitrogen and oxygen atoms in total. The van der Waals surface area contributed by atoms with Crippen molar-refractivity contribution in [1.82, 2.24) is 9.96 Å². The second-order valence-corrected chi connectivity index (χ2v) is 13.3. The fraction of sp³-hybridized carbons (Fsp3) is 0.921. The molecule has 0 bridgehead atoms. The van der Waals surface area contributed by atoms with E-state index in [0.29, 0.717) is 26.0 Å². The Balaban J connectivity index is 4.18. The number of hydrogen-bond donors (Lipinski definition) is 1. The summed E-state index contributed by atoms with van der Waals surface area (Å²) >= 11 is 0. The van der Waals surface area contributed by atoms with Crippen LogP contribution in [0.3, 0.4) is 0 Å². The molecule has 0 aliphatic heterocycles. The van der Waals surface area contributed by atoms with Crippen molar-refractivity contribution < 1.29 is 29.1 Å². The van der Waals surface area contributed by atoms with Gasteiger partial charge >= 0.3 is 11.9 Å². The van der Waals surface area contributed by atoms with Crippen LogP contribution in [-0.4, -0.2) is 71.9 Å². The van der Waals surface area contributed by atoms with E-state index in [2.05, 4.69) is 25.7 Å². The molecule has 1 unspecified atom stereocenters. The van der Waals surface area contributed by atoms with Gasteiger partial charge < -0.3 is 14.4 Å². The second kappa shape index (κ2) is 33.2. The maximum absolute atomic E-state index is 12.4. The number of nitrogens with zero attached hydrogens (tertiary/aromatic N) is 2. The fourth-order valence-corrected chi connectivity index (χ4v) is 5.73. The molecule has 0 aliphatic rings. The molecule has 0 heterocycles. The van der Waals surface area contributed by atoms with Crippen LogP contribution in [0.4, 0.5) is 0 Å². The molecule has 0 spiro atoms. The summed E-state index contributed by atoms with van der Waals surface area (Å²) in [6, 6.07) is 0. The number of amides is 1. The molecule has 0 saturated heterocycles. The van der Waals surface area contributed by atoms with Gasteiger partial charge in [-0.2, -0.15) is 0 Å². The van der Waals surface area contributed by atoms with E-state index in [1.54, 1.807) is 0 Å². The number of carbonyl (C=O) groups excluding carboxylic acids is 3. The number of rotatable bonds is 34. The van der Waals surface area contributed by atoms with Gasteiger partial charge in [0, 0.05) is 26.3 Å². The number of hydrogen-bond acceptors (Lipinski definition) is 7. The molecule has 0 saturated carbocycles. The van der Waals surface area contributed by atoms with Crippen molar-refractivity contribution in [3.63, 3.8) is 0 Å². The highest BCUT2D eigenvalue weighted by atomic mass is 16.5. The average Bonchev–Trinajstić information content (AvgIpc) is 3.03. The molecular formula is C38H74N2O6. The number of carbonyl (C=O) groups is 3. The molecule has 0 radical (unpaired) electrons. The fourth-order valence-electron chi connectivity index (χ4n) is 5.73. The van der Waals surface area contributed by atoms with Crippen LogP contribution in [-0.2, 0) is 23.9 Å². The van der Waals surface area contributed by atoms with Crippen LogP contribution in [0.25, 0.3) is 0 Å². The molecule has 0 aromatic rings. The van der Waals surface area contributed by atoms with Crippen LogP contribution in [0.5, 0.6) is 0 Å². The number of esters is 2. The molecule has 0 rings (SSSR count). The van der Waals surface area contributed by atoms with Gasteiger partial charge in [0.2, 0.25) is 5.91 Å². The van der Waals surface area contributed by atoms with Gasteiger partial charge in [-0.15, -0.1) is 0 Å². The SMILES string of the molecule is CCCCCCCOC(=O)CCCCCCCN(CCCCCCCC(=O)OC(CCCC)CCCCC)CCCN(O)C(C)=O. The Kier molecular flexibility index (Phi) is 32.0. The summed E-state index contributed by atoms with van der Waals surface area (Å²) in [5.41, 5.74) is 0. The lowest BCUT2D eigenvalue weighted by atomic mass is 10.1. The van der Waals surface area contributed by atoms with Gasteiger partial charge in [0.05, 0.1) is 6.61 Å². The van der Waals surface area contributed by atoms with Gasteiger partial charge in [-0.05, 0) is 77.4 Å². The molecule has 1 N–H and O–H groups in total. The smallest absolute Gasteiger partial charge is 0.306 e. The average molecular weight is 655 g/mol. The van der Waals surface area contributed by atoms with Gasteiger partial charge in [0.15, 0.2) is 0 Å². The molecule has 0 aliphatic carbocycles. The minimum Gasteiger partial charge on any atom is -0.466 e. The highest BCUT2D eigenvalue weighted by molar-refractivity contribution is 5.71. The molecular weight excluding hydrogens is 580 g/mol. The van der Waals surface area contributed by atoms with Crippen LogP contribution in [0.15, 0.2) is 0 Å². The van der Waals surface area contributed by atoms with Crippen molar-refractivity contribution >= 4 is 17.8 Å². The van der Waals surface area contributed by atoms with Gasteiger partial charge in [-0.1, -0.05) is 111 Å². The summed E-state index contributed by atoms with van der Waals surface area (Å²) in [4.78, 5) is 38.2. The van der Waals surface area contributed by atoms with Crippen LogP contribution in [0, 0.1) is 0 Å². The molecule has 8 heteroatoms. The van der Waals surface area contributed by atoms with Crippen LogP contribution >= 0.6 is 0 Å². The van der Waals surface area contributed by atoms with E-state index in [1.807, 2.05) is 0 Å². The van der Waals surface area contributed by atoms with E-state index in [4.69, 9.17) is 9.47 Å². The highest BCUT2D eigenvalue weighted by Crippen LogP contribution is 2.16. The van der Waals surface area contributed by atoms with Crippen molar-refractivity contribution in [2.75, 3.05) is 32.8 Å². The highest BCUT2D eigenvalue weighted by Gasteiger charge is 2.14. The van der Waals surface area contributed by atoms with Crippen molar-refractivity contribution in [1.29, 1.82) is 0 Å². The Labute approximate surface area is 283 Å². The maximum Gasteiger partial charge on any atom is 0.306 e. The third-order valence-corrected chi connectivity index (χ3v) is 8.74. The molecule has 1 atom stereocenters. The van der Waals surface area contributed by atoms with Crippen molar-refractivity contribution in [2.45, 2.75) is 194 Å². The van der Waals surface area contributed by atoms with E-state index in [1.165, 1.54) is 39.0 Å². The molecule has 46 heavy (non-hydrogen) atoms. The zero-order chi connectivity index (χ0) is 34.1. The predicted molar refractivity (Wildman–Crippen MR) is 189 cm³/mol. The summed E-state index contributed by atoms with van der Waals surface area (Å²) in [7, 11) is 0. The zero-order valence-corrected chi connectivity index (χ0v) is 30.7. The van der Waals surface area contributed by atoms with Crippen LogP contribution < -0.4 is 0 Å². The van der Waals surface area contributed by atoms with E-state index in [-0.39, 0.29) is 23.9 Å². The molecule has 1 amide bonds. The Morgan fingerprint density at radius 2 is 1.02 bits per heavy atom. The van der Waals surface area contributed by atoms with Gasteiger partial charge in [0.25, 0.3) is 0 Å². The normalized spacial score (nSPS) is 12.0. The third kappa shape index (κ3) is 29.7. The predicted octanol–water partition coefficient (Wildman–Crippen LogP) is 9.79. The molecule has 0 fully saturated rings. The van der Waals surface area contributed by atoms with Crippen molar-refractivity contribution in [3.05, 3.63) is 0 Å². The minimum atomic E-state index is -0.320. The first-order valence-electron chi connectivity index (χ1n) is 19.4. The van der Waals surface area contributed by atoms with Crippen molar-refractivity contribution in [2.24, 2.45) is 0 Å². The van der Waals surface area contributed by atoms with Gasteiger partial charge in [-0.25, -0.2) is 5.06 Å². The first kappa shape index (κ1) is 44.3. The Hall–Kier alpha value is -1.67. The lowest BCUT2D eigenvalue weighted by molar-refractivity contribution is -0.163. The monoisotopic (exact) mass is 655 g/mol. The third-order valence-electron chi connectivity index (χ3n) is 8.74. The summed E-state index contributed by atoms with van der Waals surface area (Å²) in [5.74, 6) is -0.404. The van der Waals surface area contributed by atoms with Gasteiger partial charge in [-0.3, -0.25) is 19.6 Å². The van der Waals surface area contributed by atoms with Gasteiger partial charge in [0.1, 0.15) is 6.10 Å². The number of unbranched alkanes of at least 4 members (excludes halogenated alkanes) is 15. The number of hydroxylamine groups is 2. The molecule has 272 valence electrons. The number of ether oxygens (including phenoxy) is 2. The standard InChI is InChI=1S/C38H74N2O6/c1-5-8-11-18-24-34-45-37(42)28-20-14-12-16-22-30-39(32-25-33-40(44)35(4)41)31-23-17-13-15-21-29-38(43)46-36(26-10-7-3)27-19-9-6-2/h36,44H,5-34H2,1-4H3. The Morgan fingerprint density at radius 3 is 1.63 bits per heavy atom. The summed E-state index contributed by atoms with van der Waals surface area (Å²) in [6.45, 7) is 11.8. The largest absolute Gasteiger partial charge is 0.466 e. The summed E-state index contributed by atoms with van der Waals surface area (Å²) in [5, 5.41) is 10.5. The zero-order valence-electron chi connectivity index (χ0n) is 30.7. The topological polar surface area (TPSA) is 96.4 Å². The van der Waals surface area contributed by atoms with Crippen LogP contribution in [0.1, 0.15) is 188 Å². The lowest BCUT2D eigenvalue weighted by Gasteiger charge is -2.23. The molecule has 0 aromatic heterocycles. The van der Waals surface area contributed by atoms with E-state index >= 15 is 0 Å². The van der Waals surface area contributed by atoms with E-state index < -0.39 is 0 Å². The first-order valence-corrected chi connectivity index (χ1v) is 19.4. The Bertz CT molecular complexity index is 719. The van der Waals surface area contributed by atoms with Crippen molar-refractivity contribution in [3.8, 4) is 0 Å². The van der Waals surface area contributed by atoms with E-state index in [0.717, 1.165) is 140 Å². The van der Waals surface area contributed by atoms with Crippen LogP contribution in [0.2, 0.25) is 0 Å².